The van der Waals surface area contributed by atoms with E-state index in [-0.39, 0.29) is 0 Å². The van der Waals surface area contributed by atoms with Crippen molar-refractivity contribution in [2.45, 2.75) is 38.3 Å². The third-order valence-corrected chi connectivity index (χ3v) is 5.20. The molecule has 2 aliphatic rings. The van der Waals surface area contributed by atoms with E-state index in [9.17, 15) is 4.79 Å². The summed E-state index contributed by atoms with van der Waals surface area (Å²) in [5.41, 5.74) is 1.03. The van der Waals surface area contributed by atoms with Crippen molar-refractivity contribution in [1.82, 2.24) is 10.2 Å². The van der Waals surface area contributed by atoms with Crippen molar-refractivity contribution in [3.05, 3.63) is 33.8 Å². The van der Waals surface area contributed by atoms with Gasteiger partial charge in [0, 0.05) is 31.6 Å². The van der Waals surface area contributed by atoms with Gasteiger partial charge in [-0.15, -0.1) is 0 Å². The van der Waals surface area contributed by atoms with Crippen LogP contribution in [0.25, 0.3) is 0 Å². The minimum absolute atomic E-state index is 0.333. The minimum Gasteiger partial charge on any atom is -0.342 e. The van der Waals surface area contributed by atoms with E-state index in [2.05, 4.69) is 5.32 Å². The molecule has 1 heterocycles. The van der Waals surface area contributed by atoms with Crippen LogP contribution >= 0.6 is 23.2 Å². The van der Waals surface area contributed by atoms with E-state index < -0.39 is 0 Å². The van der Waals surface area contributed by atoms with E-state index in [4.69, 9.17) is 23.2 Å². The van der Waals surface area contributed by atoms with E-state index in [1.165, 1.54) is 0 Å². The molecule has 1 saturated heterocycles. The minimum atomic E-state index is 0.333. The molecule has 0 bridgehead atoms. The molecule has 1 N–H and O–H groups in total. The van der Waals surface area contributed by atoms with Crippen LogP contribution in [0.3, 0.4) is 0 Å². The zero-order valence-electron chi connectivity index (χ0n) is 11.9. The summed E-state index contributed by atoms with van der Waals surface area (Å²) in [6.45, 7) is 2.47. The van der Waals surface area contributed by atoms with Crippen LogP contribution in [0.4, 0.5) is 0 Å². The van der Waals surface area contributed by atoms with Gasteiger partial charge in [-0.3, -0.25) is 4.79 Å². The topological polar surface area (TPSA) is 32.3 Å². The fraction of sp³-hybridized carbons (Fsp3) is 0.562. The quantitative estimate of drug-likeness (QED) is 0.918. The number of benzene rings is 1. The highest BCUT2D eigenvalue weighted by Crippen LogP contribution is 2.32. The molecule has 0 unspecified atom stereocenters. The zero-order chi connectivity index (χ0) is 14.8. The second-order valence-electron chi connectivity index (χ2n) is 5.97. The van der Waals surface area contributed by atoms with Crippen molar-refractivity contribution in [2.75, 3.05) is 13.1 Å². The second kappa shape index (κ2) is 6.55. The van der Waals surface area contributed by atoms with Crippen LogP contribution in [0.5, 0.6) is 0 Å². The fourth-order valence-electron chi connectivity index (χ4n) is 2.83. The molecule has 5 heteroatoms. The van der Waals surface area contributed by atoms with Crippen molar-refractivity contribution in [2.24, 2.45) is 5.92 Å². The van der Waals surface area contributed by atoms with Gasteiger partial charge in [-0.05, 0) is 37.3 Å². The van der Waals surface area contributed by atoms with Crippen LogP contribution < -0.4 is 5.32 Å². The first-order valence-electron chi connectivity index (χ1n) is 7.60. The number of carbonyl (C=O) groups is 1. The van der Waals surface area contributed by atoms with Crippen molar-refractivity contribution in [3.63, 3.8) is 0 Å². The smallest absolute Gasteiger partial charge is 0.225 e. The maximum atomic E-state index is 12.0. The Balaban J connectivity index is 1.47. The first-order chi connectivity index (χ1) is 10.1. The first-order valence-corrected chi connectivity index (χ1v) is 8.36. The Morgan fingerprint density at radius 2 is 1.90 bits per heavy atom. The number of carbonyl (C=O) groups excluding carboxylic acids is 1. The fourth-order valence-corrected chi connectivity index (χ4v) is 3.22. The molecule has 3 rings (SSSR count). The van der Waals surface area contributed by atoms with Gasteiger partial charge >= 0.3 is 0 Å². The summed E-state index contributed by atoms with van der Waals surface area (Å²) >= 11 is 12.2. The summed E-state index contributed by atoms with van der Waals surface area (Å²) in [4.78, 5) is 14.0. The lowest BCUT2D eigenvalue weighted by molar-refractivity contribution is -0.133. The van der Waals surface area contributed by atoms with Crippen LogP contribution in [-0.4, -0.2) is 29.9 Å². The van der Waals surface area contributed by atoms with Gasteiger partial charge in [0.25, 0.3) is 0 Å². The highest BCUT2D eigenvalue weighted by molar-refractivity contribution is 6.42. The number of likely N-dealkylation sites (tertiary alicyclic amines) is 1. The van der Waals surface area contributed by atoms with Gasteiger partial charge in [0.15, 0.2) is 0 Å². The summed E-state index contributed by atoms with van der Waals surface area (Å²) < 4.78 is 0. The maximum absolute atomic E-state index is 12.0. The van der Waals surface area contributed by atoms with Crippen LogP contribution in [0.2, 0.25) is 10.0 Å². The van der Waals surface area contributed by atoms with Crippen LogP contribution in [0.15, 0.2) is 18.2 Å². The number of hydrogen-bond acceptors (Lipinski definition) is 2. The average molecular weight is 327 g/mol. The standard InChI is InChI=1S/C16H20Cl2N2O/c17-14-3-1-2-12(15(14)18)10-19-13-6-8-20(9-7-13)16(21)11-4-5-11/h1-3,11,13,19H,4-10H2. The van der Waals surface area contributed by atoms with Crippen molar-refractivity contribution in [1.29, 1.82) is 0 Å². The van der Waals surface area contributed by atoms with E-state index in [0.29, 0.717) is 27.9 Å². The molecule has 114 valence electrons. The lowest BCUT2D eigenvalue weighted by Crippen LogP contribution is -2.45. The molecule has 0 radical (unpaired) electrons. The Hall–Kier alpha value is -0.770. The average Bonchev–Trinajstić information content (AvgIpc) is 3.33. The van der Waals surface area contributed by atoms with Crippen molar-refractivity contribution < 1.29 is 4.79 Å². The van der Waals surface area contributed by atoms with Crippen LogP contribution in [-0.2, 0) is 11.3 Å². The zero-order valence-corrected chi connectivity index (χ0v) is 13.5. The number of nitrogens with one attached hydrogen (secondary N) is 1. The van der Waals surface area contributed by atoms with Crippen LogP contribution in [0, 0.1) is 5.92 Å². The first kappa shape index (κ1) is 15.1. The van der Waals surface area contributed by atoms with E-state index >= 15 is 0 Å². The maximum Gasteiger partial charge on any atom is 0.225 e. The van der Waals surface area contributed by atoms with Gasteiger partial charge < -0.3 is 10.2 Å². The third kappa shape index (κ3) is 3.71. The molecule has 0 spiro atoms. The van der Waals surface area contributed by atoms with E-state index in [1.807, 2.05) is 17.0 Å². The lowest BCUT2D eigenvalue weighted by Gasteiger charge is -2.32. The number of halogens is 2. The van der Waals surface area contributed by atoms with Gasteiger partial charge in [0.05, 0.1) is 10.0 Å². The predicted molar refractivity (Wildman–Crippen MR) is 85.6 cm³/mol. The van der Waals surface area contributed by atoms with Gasteiger partial charge in [-0.2, -0.15) is 0 Å². The summed E-state index contributed by atoms with van der Waals surface area (Å²) in [5, 5.41) is 4.76. The Morgan fingerprint density at radius 1 is 1.19 bits per heavy atom. The molecule has 0 atom stereocenters. The van der Waals surface area contributed by atoms with Crippen LogP contribution in [0.1, 0.15) is 31.2 Å². The number of nitrogens with zero attached hydrogens (tertiary/aromatic N) is 1. The van der Waals surface area contributed by atoms with Gasteiger partial charge in [-0.25, -0.2) is 0 Å². The van der Waals surface area contributed by atoms with E-state index in [0.717, 1.165) is 50.9 Å². The monoisotopic (exact) mass is 326 g/mol. The molecular weight excluding hydrogens is 307 g/mol. The molecule has 1 aromatic rings. The summed E-state index contributed by atoms with van der Waals surface area (Å²) in [5.74, 6) is 0.700. The molecule has 1 aliphatic heterocycles. The Morgan fingerprint density at radius 3 is 2.57 bits per heavy atom. The van der Waals surface area contributed by atoms with Crippen molar-refractivity contribution in [3.8, 4) is 0 Å². The highest BCUT2D eigenvalue weighted by Gasteiger charge is 2.34. The Bertz CT molecular complexity index is 523. The molecule has 1 aromatic carbocycles. The normalized spacial score (nSPS) is 19.8. The summed E-state index contributed by atoms with van der Waals surface area (Å²) in [7, 11) is 0. The summed E-state index contributed by atoms with van der Waals surface area (Å²) in [6.07, 6.45) is 4.20. The Kier molecular flexibility index (Phi) is 4.72. The molecule has 1 aliphatic carbocycles. The molecular formula is C16H20Cl2N2O. The van der Waals surface area contributed by atoms with Gasteiger partial charge in [0.1, 0.15) is 0 Å². The molecule has 3 nitrogen and oxygen atoms in total. The largest absolute Gasteiger partial charge is 0.342 e. The SMILES string of the molecule is O=C(C1CC1)N1CCC(NCc2cccc(Cl)c2Cl)CC1. The Labute approximate surface area is 135 Å². The highest BCUT2D eigenvalue weighted by atomic mass is 35.5. The third-order valence-electron chi connectivity index (χ3n) is 4.35. The van der Waals surface area contributed by atoms with Gasteiger partial charge in [-0.1, -0.05) is 35.3 Å². The number of hydrogen-bond donors (Lipinski definition) is 1. The lowest BCUT2D eigenvalue weighted by atomic mass is 10.0. The predicted octanol–water partition coefficient (Wildman–Crippen LogP) is 3.48. The molecule has 1 saturated carbocycles. The van der Waals surface area contributed by atoms with Gasteiger partial charge in [0.2, 0.25) is 5.91 Å². The molecule has 0 aromatic heterocycles. The molecule has 2 fully saturated rings. The summed E-state index contributed by atoms with van der Waals surface area (Å²) in [6, 6.07) is 6.16. The number of rotatable bonds is 4. The van der Waals surface area contributed by atoms with E-state index in [1.54, 1.807) is 6.07 Å². The number of amides is 1. The molecule has 21 heavy (non-hydrogen) atoms. The van der Waals surface area contributed by atoms with Crippen molar-refractivity contribution >= 4 is 29.1 Å². The molecule has 1 amide bonds. The number of piperidine rings is 1. The second-order valence-corrected chi connectivity index (χ2v) is 6.75.